The van der Waals surface area contributed by atoms with Gasteiger partial charge in [0.15, 0.2) is 0 Å². The van der Waals surface area contributed by atoms with Crippen LogP contribution in [0.2, 0.25) is 4.34 Å². The second kappa shape index (κ2) is 6.13. The zero-order chi connectivity index (χ0) is 13.9. The van der Waals surface area contributed by atoms with Gasteiger partial charge >= 0.3 is 0 Å². The molecule has 3 heteroatoms. The van der Waals surface area contributed by atoms with Gasteiger partial charge in [0.25, 0.3) is 0 Å². The van der Waals surface area contributed by atoms with Gasteiger partial charge in [-0.25, -0.2) is 0 Å². The smallest absolute Gasteiger partial charge is 0.0931 e. The van der Waals surface area contributed by atoms with Gasteiger partial charge in [-0.15, -0.1) is 11.3 Å². The van der Waals surface area contributed by atoms with Crippen LogP contribution in [0.5, 0.6) is 0 Å². The Balaban J connectivity index is 1.86. The number of alkyl halides is 1. The van der Waals surface area contributed by atoms with Gasteiger partial charge in [0.05, 0.1) is 9.16 Å². The molecule has 100 valence electrons. The minimum absolute atomic E-state index is 0.199. The SMILES string of the molecule is Clc1ccc(C(Br)c2ccc(-c3ccccc3)cc2)s1. The molecule has 0 radical (unpaired) electrons. The molecule has 1 atom stereocenters. The van der Waals surface area contributed by atoms with E-state index in [-0.39, 0.29) is 4.83 Å². The average Bonchev–Trinajstić information content (AvgIpc) is 2.94. The fourth-order valence-electron chi connectivity index (χ4n) is 2.10. The zero-order valence-electron chi connectivity index (χ0n) is 10.6. The lowest BCUT2D eigenvalue weighted by Gasteiger charge is -2.09. The number of hydrogen-bond acceptors (Lipinski definition) is 1. The molecule has 0 saturated heterocycles. The summed E-state index contributed by atoms with van der Waals surface area (Å²) in [6.07, 6.45) is 0. The van der Waals surface area contributed by atoms with Crippen molar-refractivity contribution >= 4 is 38.9 Å². The third kappa shape index (κ3) is 2.98. The number of hydrogen-bond donors (Lipinski definition) is 0. The quantitative estimate of drug-likeness (QED) is 0.463. The highest BCUT2D eigenvalue weighted by Crippen LogP contribution is 2.37. The first kappa shape index (κ1) is 13.9. The molecular formula is C17H12BrClS. The van der Waals surface area contributed by atoms with Crippen LogP contribution in [-0.2, 0) is 0 Å². The number of benzene rings is 2. The summed E-state index contributed by atoms with van der Waals surface area (Å²) in [5.74, 6) is 0. The lowest BCUT2D eigenvalue weighted by molar-refractivity contribution is 1.23. The van der Waals surface area contributed by atoms with Crippen LogP contribution in [-0.4, -0.2) is 0 Å². The van der Waals surface area contributed by atoms with Crippen molar-refractivity contribution in [3.05, 3.63) is 81.5 Å². The van der Waals surface area contributed by atoms with Crippen LogP contribution in [0.15, 0.2) is 66.7 Å². The van der Waals surface area contributed by atoms with Gasteiger partial charge in [-0.05, 0) is 28.8 Å². The number of halogens is 2. The van der Waals surface area contributed by atoms with Gasteiger partial charge in [0.2, 0.25) is 0 Å². The van der Waals surface area contributed by atoms with E-state index in [0.29, 0.717) is 0 Å². The van der Waals surface area contributed by atoms with Crippen LogP contribution in [0.4, 0.5) is 0 Å². The maximum Gasteiger partial charge on any atom is 0.0931 e. The summed E-state index contributed by atoms with van der Waals surface area (Å²) >= 11 is 11.3. The van der Waals surface area contributed by atoms with Crippen LogP contribution in [0, 0.1) is 0 Å². The maximum atomic E-state index is 5.99. The summed E-state index contributed by atoms with van der Waals surface area (Å²) in [5, 5.41) is 0. The molecule has 1 aromatic heterocycles. The second-order valence-electron chi connectivity index (χ2n) is 4.49. The Morgan fingerprint density at radius 2 is 1.45 bits per heavy atom. The Kier molecular flexibility index (Phi) is 4.25. The van der Waals surface area contributed by atoms with E-state index in [1.807, 2.05) is 12.1 Å². The van der Waals surface area contributed by atoms with Crippen molar-refractivity contribution < 1.29 is 0 Å². The minimum atomic E-state index is 0.199. The molecule has 1 heterocycles. The molecule has 0 N–H and O–H groups in total. The molecule has 0 bridgehead atoms. The Labute approximate surface area is 136 Å². The van der Waals surface area contributed by atoms with E-state index in [0.717, 1.165) is 4.34 Å². The highest BCUT2D eigenvalue weighted by Gasteiger charge is 2.12. The average molecular weight is 364 g/mol. The Hall–Kier alpha value is -1.09. The van der Waals surface area contributed by atoms with Crippen LogP contribution >= 0.6 is 38.9 Å². The summed E-state index contributed by atoms with van der Waals surface area (Å²) < 4.78 is 0.824. The van der Waals surface area contributed by atoms with Crippen molar-refractivity contribution in [1.29, 1.82) is 0 Å². The van der Waals surface area contributed by atoms with Crippen LogP contribution in [0.3, 0.4) is 0 Å². The van der Waals surface area contributed by atoms with Gasteiger partial charge in [0.1, 0.15) is 0 Å². The number of thiophene rings is 1. The fourth-order valence-corrected chi connectivity index (χ4v) is 3.91. The molecule has 0 aliphatic carbocycles. The first-order chi connectivity index (χ1) is 9.74. The highest BCUT2D eigenvalue weighted by atomic mass is 79.9. The summed E-state index contributed by atoms with van der Waals surface area (Å²) in [6.45, 7) is 0. The molecule has 20 heavy (non-hydrogen) atoms. The van der Waals surface area contributed by atoms with Crippen molar-refractivity contribution in [3.63, 3.8) is 0 Å². The molecule has 2 aromatic carbocycles. The van der Waals surface area contributed by atoms with Gasteiger partial charge in [-0.3, -0.25) is 0 Å². The third-order valence-electron chi connectivity index (χ3n) is 3.15. The third-order valence-corrected chi connectivity index (χ3v) is 5.78. The standard InChI is InChI=1S/C17H12BrClS/c18-17(15-10-11-16(19)20-15)14-8-6-13(7-9-14)12-4-2-1-3-5-12/h1-11,17H. The lowest BCUT2D eigenvalue weighted by atomic mass is 10.0. The predicted octanol–water partition coefficient (Wildman–Crippen LogP) is 6.55. The van der Waals surface area contributed by atoms with E-state index in [9.17, 15) is 0 Å². The largest absolute Gasteiger partial charge is 0.127 e. The summed E-state index contributed by atoms with van der Waals surface area (Å²) in [7, 11) is 0. The number of rotatable bonds is 3. The second-order valence-corrected chi connectivity index (χ2v) is 7.15. The maximum absolute atomic E-state index is 5.99. The first-order valence-electron chi connectivity index (χ1n) is 6.29. The highest BCUT2D eigenvalue weighted by molar-refractivity contribution is 9.09. The van der Waals surface area contributed by atoms with Crippen LogP contribution in [0.25, 0.3) is 11.1 Å². The molecule has 0 saturated carbocycles. The van der Waals surface area contributed by atoms with Gasteiger partial charge in [0, 0.05) is 4.88 Å². The van der Waals surface area contributed by atoms with Crippen molar-refractivity contribution in [1.82, 2.24) is 0 Å². The molecule has 0 aliphatic rings. The Bertz CT molecular complexity index is 689. The van der Waals surface area contributed by atoms with Crippen molar-refractivity contribution in [2.75, 3.05) is 0 Å². The normalized spacial score (nSPS) is 12.3. The van der Waals surface area contributed by atoms with Crippen molar-refractivity contribution in [2.24, 2.45) is 0 Å². The summed E-state index contributed by atoms with van der Waals surface area (Å²) in [6, 6.07) is 23.1. The monoisotopic (exact) mass is 362 g/mol. The van der Waals surface area contributed by atoms with Gasteiger partial charge < -0.3 is 0 Å². The summed E-state index contributed by atoms with van der Waals surface area (Å²) in [4.78, 5) is 1.42. The molecule has 1 unspecified atom stereocenters. The first-order valence-corrected chi connectivity index (χ1v) is 8.40. The topological polar surface area (TPSA) is 0 Å². The van der Waals surface area contributed by atoms with E-state index in [1.54, 1.807) is 11.3 Å². The molecule has 0 aliphatic heterocycles. The van der Waals surface area contributed by atoms with E-state index in [4.69, 9.17) is 11.6 Å². The van der Waals surface area contributed by atoms with Crippen molar-refractivity contribution in [2.45, 2.75) is 4.83 Å². The predicted molar refractivity (Wildman–Crippen MR) is 92.0 cm³/mol. The van der Waals surface area contributed by atoms with Crippen LogP contribution < -0.4 is 0 Å². The summed E-state index contributed by atoms with van der Waals surface area (Å²) in [5.41, 5.74) is 3.71. The lowest BCUT2D eigenvalue weighted by Crippen LogP contribution is -1.89. The van der Waals surface area contributed by atoms with Gasteiger partial charge in [-0.2, -0.15) is 0 Å². The molecule has 0 spiro atoms. The molecule has 0 fully saturated rings. The Morgan fingerprint density at radius 1 is 0.800 bits per heavy atom. The van der Waals surface area contributed by atoms with E-state index in [2.05, 4.69) is 70.5 Å². The molecular weight excluding hydrogens is 352 g/mol. The molecule has 0 amide bonds. The van der Waals surface area contributed by atoms with E-state index >= 15 is 0 Å². The van der Waals surface area contributed by atoms with E-state index < -0.39 is 0 Å². The molecule has 3 rings (SSSR count). The van der Waals surface area contributed by atoms with E-state index in [1.165, 1.54) is 21.6 Å². The molecule has 0 nitrogen and oxygen atoms in total. The molecule has 3 aromatic rings. The minimum Gasteiger partial charge on any atom is -0.127 e. The Morgan fingerprint density at radius 3 is 2.05 bits per heavy atom. The fraction of sp³-hybridized carbons (Fsp3) is 0.0588. The van der Waals surface area contributed by atoms with Crippen LogP contribution in [0.1, 0.15) is 15.3 Å². The van der Waals surface area contributed by atoms with Gasteiger partial charge in [-0.1, -0.05) is 82.1 Å². The zero-order valence-corrected chi connectivity index (χ0v) is 13.8. The van der Waals surface area contributed by atoms with Crippen molar-refractivity contribution in [3.8, 4) is 11.1 Å².